The largest absolute Gasteiger partial charge is 0.371 e. The van der Waals surface area contributed by atoms with E-state index in [-0.39, 0.29) is 5.91 Å². The van der Waals surface area contributed by atoms with Crippen molar-refractivity contribution in [1.29, 1.82) is 0 Å². The van der Waals surface area contributed by atoms with E-state index in [1.807, 2.05) is 38.5 Å². The summed E-state index contributed by atoms with van der Waals surface area (Å²) in [6, 6.07) is 4.54. The highest BCUT2D eigenvalue weighted by Crippen LogP contribution is 2.18. The van der Waals surface area contributed by atoms with Gasteiger partial charge in [-0.1, -0.05) is 0 Å². The van der Waals surface area contributed by atoms with E-state index < -0.39 is 0 Å². The quantitative estimate of drug-likeness (QED) is 0.875. The van der Waals surface area contributed by atoms with Gasteiger partial charge in [-0.2, -0.15) is 0 Å². The Bertz CT molecular complexity index is 415. The minimum atomic E-state index is 0.170. The maximum absolute atomic E-state index is 11.7. The number of carbonyl (C=O) groups excluding carboxylic acids is 1. The highest BCUT2D eigenvalue weighted by Gasteiger charge is 2.20. The fourth-order valence-corrected chi connectivity index (χ4v) is 2.44. The Labute approximate surface area is 121 Å². The molecule has 1 aliphatic heterocycles. The molecule has 5 nitrogen and oxygen atoms in total. The van der Waals surface area contributed by atoms with Crippen LogP contribution in [0.25, 0.3) is 0 Å². The van der Waals surface area contributed by atoms with Gasteiger partial charge in [-0.15, -0.1) is 0 Å². The van der Waals surface area contributed by atoms with Crippen LogP contribution in [-0.2, 0) is 4.79 Å². The normalized spacial score (nSPS) is 16.2. The van der Waals surface area contributed by atoms with Crippen molar-refractivity contribution in [2.45, 2.75) is 25.8 Å². The number of nitrogens with zero attached hydrogens (tertiary/aromatic N) is 3. The number of hydrogen-bond donors (Lipinski definition) is 1. The molecule has 5 heteroatoms. The molecule has 1 amide bonds. The lowest BCUT2D eigenvalue weighted by Crippen LogP contribution is -2.46. The third-order valence-electron chi connectivity index (χ3n) is 3.96. The smallest absolute Gasteiger partial charge is 0.236 e. The number of anilines is 1. The van der Waals surface area contributed by atoms with Gasteiger partial charge < -0.3 is 15.1 Å². The summed E-state index contributed by atoms with van der Waals surface area (Å²) in [5.74, 6) is 0.170. The number of pyridine rings is 1. The number of amides is 1. The van der Waals surface area contributed by atoms with Crippen LogP contribution >= 0.6 is 0 Å². The maximum atomic E-state index is 11.7. The molecular formula is C15H24N4O. The van der Waals surface area contributed by atoms with Crippen molar-refractivity contribution in [3.63, 3.8) is 0 Å². The van der Waals surface area contributed by atoms with Crippen molar-refractivity contribution >= 4 is 11.6 Å². The fraction of sp³-hybridized carbons (Fsp3) is 0.600. The Hall–Kier alpha value is -1.62. The van der Waals surface area contributed by atoms with E-state index in [1.165, 1.54) is 5.69 Å². The molecule has 0 aliphatic carbocycles. The van der Waals surface area contributed by atoms with Gasteiger partial charge in [0.1, 0.15) is 0 Å². The van der Waals surface area contributed by atoms with Crippen molar-refractivity contribution in [2.75, 3.05) is 38.1 Å². The van der Waals surface area contributed by atoms with Crippen LogP contribution in [0.2, 0.25) is 0 Å². The number of nitrogens with one attached hydrogen (secondary N) is 1. The van der Waals surface area contributed by atoms with Gasteiger partial charge in [0.2, 0.25) is 5.91 Å². The van der Waals surface area contributed by atoms with Gasteiger partial charge >= 0.3 is 0 Å². The predicted molar refractivity (Wildman–Crippen MR) is 80.8 cm³/mol. The number of carbonyl (C=O) groups is 1. The second-order valence-electron chi connectivity index (χ2n) is 5.26. The summed E-state index contributed by atoms with van der Waals surface area (Å²) in [6.07, 6.45) is 5.81. The molecule has 2 heterocycles. The number of hydrogen-bond acceptors (Lipinski definition) is 4. The molecule has 1 saturated heterocycles. The van der Waals surface area contributed by atoms with Crippen molar-refractivity contribution in [1.82, 2.24) is 15.2 Å². The standard InChI is InChI=1S/C15H24N4O/c1-3-18(2)15(20)12-17-13-6-10-19(11-7-13)14-4-8-16-9-5-14/h4-5,8-9,13,17H,3,6-7,10-12H2,1-2H3. The molecule has 1 aliphatic rings. The zero-order valence-corrected chi connectivity index (χ0v) is 12.4. The Morgan fingerprint density at radius 2 is 2.05 bits per heavy atom. The number of aromatic nitrogens is 1. The summed E-state index contributed by atoms with van der Waals surface area (Å²) < 4.78 is 0. The molecule has 0 radical (unpaired) electrons. The third kappa shape index (κ3) is 3.93. The highest BCUT2D eigenvalue weighted by atomic mass is 16.2. The summed E-state index contributed by atoms with van der Waals surface area (Å²) in [4.78, 5) is 19.9. The Kier molecular flexibility index (Phi) is 5.35. The molecule has 20 heavy (non-hydrogen) atoms. The van der Waals surface area contributed by atoms with Crippen molar-refractivity contribution < 1.29 is 4.79 Å². The Morgan fingerprint density at radius 3 is 2.65 bits per heavy atom. The van der Waals surface area contributed by atoms with Gasteiger partial charge in [0, 0.05) is 50.8 Å². The molecule has 0 spiro atoms. The van der Waals surface area contributed by atoms with Gasteiger partial charge in [-0.3, -0.25) is 9.78 Å². The lowest BCUT2D eigenvalue weighted by Gasteiger charge is -2.34. The Balaban J connectivity index is 1.73. The molecule has 1 aromatic heterocycles. The zero-order chi connectivity index (χ0) is 14.4. The van der Waals surface area contributed by atoms with Crippen LogP contribution in [0.15, 0.2) is 24.5 Å². The van der Waals surface area contributed by atoms with Gasteiger partial charge in [0.25, 0.3) is 0 Å². The van der Waals surface area contributed by atoms with Crippen LogP contribution < -0.4 is 10.2 Å². The summed E-state index contributed by atoms with van der Waals surface area (Å²) in [6.45, 7) is 5.26. The van der Waals surface area contributed by atoms with E-state index in [0.29, 0.717) is 12.6 Å². The first kappa shape index (κ1) is 14.8. The number of rotatable bonds is 5. The molecule has 0 atom stereocenters. The lowest BCUT2D eigenvalue weighted by atomic mass is 10.0. The second kappa shape index (κ2) is 7.24. The van der Waals surface area contributed by atoms with Crippen LogP contribution in [-0.4, -0.2) is 55.1 Å². The van der Waals surface area contributed by atoms with Crippen LogP contribution in [0.5, 0.6) is 0 Å². The van der Waals surface area contributed by atoms with Crippen molar-refractivity contribution in [3.8, 4) is 0 Å². The first-order chi connectivity index (χ1) is 9.70. The maximum Gasteiger partial charge on any atom is 0.236 e. The summed E-state index contributed by atoms with van der Waals surface area (Å²) in [5.41, 5.74) is 1.24. The monoisotopic (exact) mass is 276 g/mol. The first-order valence-electron chi connectivity index (χ1n) is 7.33. The van der Waals surface area contributed by atoms with Crippen LogP contribution in [0.4, 0.5) is 5.69 Å². The average molecular weight is 276 g/mol. The van der Waals surface area contributed by atoms with Crippen molar-refractivity contribution in [3.05, 3.63) is 24.5 Å². The fourth-order valence-electron chi connectivity index (χ4n) is 2.44. The van der Waals surface area contributed by atoms with E-state index in [0.717, 1.165) is 32.5 Å². The van der Waals surface area contributed by atoms with Gasteiger partial charge in [-0.05, 0) is 31.9 Å². The second-order valence-corrected chi connectivity index (χ2v) is 5.26. The van der Waals surface area contributed by atoms with E-state index in [2.05, 4.69) is 15.2 Å². The highest BCUT2D eigenvalue weighted by molar-refractivity contribution is 5.77. The minimum Gasteiger partial charge on any atom is -0.371 e. The lowest BCUT2D eigenvalue weighted by molar-refractivity contribution is -0.128. The summed E-state index contributed by atoms with van der Waals surface area (Å²) in [5, 5.41) is 3.38. The molecule has 0 bridgehead atoms. The van der Waals surface area contributed by atoms with Crippen LogP contribution in [0, 0.1) is 0 Å². The molecule has 110 valence electrons. The van der Waals surface area contributed by atoms with Gasteiger partial charge in [0.15, 0.2) is 0 Å². The van der Waals surface area contributed by atoms with E-state index in [1.54, 1.807) is 4.90 Å². The van der Waals surface area contributed by atoms with E-state index in [9.17, 15) is 4.79 Å². The van der Waals surface area contributed by atoms with E-state index >= 15 is 0 Å². The number of likely N-dealkylation sites (N-methyl/N-ethyl adjacent to an activating group) is 1. The number of piperidine rings is 1. The molecular weight excluding hydrogens is 252 g/mol. The molecule has 0 unspecified atom stereocenters. The zero-order valence-electron chi connectivity index (χ0n) is 12.4. The topological polar surface area (TPSA) is 48.5 Å². The first-order valence-corrected chi connectivity index (χ1v) is 7.33. The molecule has 1 N–H and O–H groups in total. The van der Waals surface area contributed by atoms with Crippen LogP contribution in [0.1, 0.15) is 19.8 Å². The predicted octanol–water partition coefficient (Wildman–Crippen LogP) is 1.12. The van der Waals surface area contributed by atoms with Crippen LogP contribution in [0.3, 0.4) is 0 Å². The summed E-state index contributed by atoms with van der Waals surface area (Å²) >= 11 is 0. The van der Waals surface area contributed by atoms with Crippen molar-refractivity contribution in [2.24, 2.45) is 0 Å². The SMILES string of the molecule is CCN(C)C(=O)CNC1CCN(c2ccncc2)CC1. The molecule has 2 rings (SSSR count). The summed E-state index contributed by atoms with van der Waals surface area (Å²) in [7, 11) is 1.84. The van der Waals surface area contributed by atoms with Gasteiger partial charge in [-0.25, -0.2) is 0 Å². The molecule has 0 aromatic carbocycles. The molecule has 0 saturated carbocycles. The van der Waals surface area contributed by atoms with E-state index in [4.69, 9.17) is 0 Å². The minimum absolute atomic E-state index is 0.170. The van der Waals surface area contributed by atoms with Gasteiger partial charge in [0.05, 0.1) is 6.54 Å². The molecule has 1 fully saturated rings. The average Bonchev–Trinajstić information content (AvgIpc) is 2.53. The Morgan fingerprint density at radius 1 is 1.40 bits per heavy atom. The third-order valence-corrected chi connectivity index (χ3v) is 3.96. The molecule has 1 aromatic rings.